The van der Waals surface area contributed by atoms with Gasteiger partial charge < -0.3 is 20.4 Å². The van der Waals surface area contributed by atoms with Crippen LogP contribution < -0.4 is 16.0 Å². The molecule has 0 spiro atoms. The molecule has 2 aromatic rings. The quantitative estimate of drug-likeness (QED) is 0.551. The Morgan fingerprint density at radius 3 is 2.70 bits per heavy atom. The number of carbonyl (C=O) groups is 2. The van der Waals surface area contributed by atoms with Gasteiger partial charge in [-0.1, -0.05) is 6.07 Å². The monoisotopic (exact) mass is 318 g/mol. The van der Waals surface area contributed by atoms with Crippen LogP contribution in [0.5, 0.6) is 0 Å². The molecule has 9 heteroatoms. The van der Waals surface area contributed by atoms with E-state index in [1.807, 2.05) is 0 Å². The van der Waals surface area contributed by atoms with E-state index in [1.165, 1.54) is 30.5 Å². The minimum atomic E-state index is -0.560. The third-order valence-corrected chi connectivity index (χ3v) is 2.75. The normalized spacial score (nSPS) is 9.91. The number of nitrogens with one attached hydrogen (secondary N) is 3. The number of nitrogens with zero attached hydrogens (tertiary/aromatic N) is 1. The number of nitro groups is 1. The molecule has 0 fully saturated rings. The van der Waals surface area contributed by atoms with Crippen molar-refractivity contribution in [1.29, 1.82) is 0 Å². The van der Waals surface area contributed by atoms with Gasteiger partial charge >= 0.3 is 6.03 Å². The lowest BCUT2D eigenvalue weighted by molar-refractivity contribution is -0.384. The van der Waals surface area contributed by atoms with Gasteiger partial charge in [0.05, 0.1) is 24.3 Å². The SMILES string of the molecule is O=C(CNC(=O)NCc1ccco1)Nc1cccc([N+](=O)[O-])c1. The van der Waals surface area contributed by atoms with Crippen molar-refractivity contribution in [2.24, 2.45) is 0 Å². The standard InChI is InChI=1S/C14H14N4O5/c19-13(17-10-3-1-4-11(7-10)18(21)22)9-16-14(20)15-8-12-5-2-6-23-12/h1-7H,8-9H2,(H,17,19)(H2,15,16,20). The molecule has 0 aliphatic rings. The van der Waals surface area contributed by atoms with Gasteiger partial charge in [-0.3, -0.25) is 14.9 Å². The van der Waals surface area contributed by atoms with Crippen molar-refractivity contribution >= 4 is 23.3 Å². The number of rotatable bonds is 6. The first-order valence-electron chi connectivity index (χ1n) is 6.63. The fourth-order valence-corrected chi connectivity index (χ4v) is 1.71. The number of hydrogen-bond donors (Lipinski definition) is 3. The smallest absolute Gasteiger partial charge is 0.315 e. The fourth-order valence-electron chi connectivity index (χ4n) is 1.71. The summed E-state index contributed by atoms with van der Waals surface area (Å²) in [5.41, 5.74) is 0.147. The highest BCUT2D eigenvalue weighted by Crippen LogP contribution is 2.16. The molecular formula is C14H14N4O5. The van der Waals surface area contributed by atoms with Crippen LogP contribution in [0.25, 0.3) is 0 Å². The minimum absolute atomic E-state index is 0.132. The molecule has 2 rings (SSSR count). The molecule has 1 aromatic heterocycles. The molecule has 3 N–H and O–H groups in total. The summed E-state index contributed by atoms with van der Waals surface area (Å²) < 4.78 is 5.04. The molecule has 120 valence electrons. The molecule has 1 aromatic carbocycles. The van der Waals surface area contributed by atoms with Crippen LogP contribution in [0.3, 0.4) is 0 Å². The van der Waals surface area contributed by atoms with E-state index in [9.17, 15) is 19.7 Å². The first-order valence-corrected chi connectivity index (χ1v) is 6.63. The van der Waals surface area contributed by atoms with Gasteiger partial charge in [-0.15, -0.1) is 0 Å². The zero-order chi connectivity index (χ0) is 16.7. The van der Waals surface area contributed by atoms with E-state index in [0.717, 1.165) is 0 Å². The molecule has 9 nitrogen and oxygen atoms in total. The summed E-state index contributed by atoms with van der Waals surface area (Å²) in [6, 6.07) is 8.39. The summed E-state index contributed by atoms with van der Waals surface area (Å²) in [6.07, 6.45) is 1.49. The number of urea groups is 1. The molecule has 0 unspecified atom stereocenters. The van der Waals surface area contributed by atoms with Crippen LogP contribution in [0.4, 0.5) is 16.2 Å². The zero-order valence-electron chi connectivity index (χ0n) is 11.9. The number of carbonyl (C=O) groups excluding carboxylic acids is 2. The van der Waals surface area contributed by atoms with E-state index in [0.29, 0.717) is 5.76 Å². The van der Waals surface area contributed by atoms with Gasteiger partial charge in [0, 0.05) is 17.8 Å². The summed E-state index contributed by atoms with van der Waals surface area (Å²) in [4.78, 5) is 33.3. The maximum absolute atomic E-state index is 11.7. The van der Waals surface area contributed by atoms with Gasteiger partial charge in [-0.05, 0) is 18.2 Å². The van der Waals surface area contributed by atoms with Crippen LogP contribution in [0.1, 0.15) is 5.76 Å². The van der Waals surface area contributed by atoms with E-state index < -0.39 is 16.9 Å². The molecule has 0 aliphatic carbocycles. The Morgan fingerprint density at radius 2 is 2.00 bits per heavy atom. The number of nitro benzene ring substituents is 1. The summed E-state index contributed by atoms with van der Waals surface area (Å²) in [7, 11) is 0. The van der Waals surface area contributed by atoms with Gasteiger partial charge in [0.15, 0.2) is 0 Å². The number of amides is 3. The van der Waals surface area contributed by atoms with Crippen molar-refractivity contribution in [2.75, 3.05) is 11.9 Å². The van der Waals surface area contributed by atoms with E-state index in [2.05, 4.69) is 16.0 Å². The molecule has 0 saturated heterocycles. The average Bonchev–Trinajstić information content (AvgIpc) is 3.04. The van der Waals surface area contributed by atoms with E-state index in [4.69, 9.17) is 4.42 Å². The molecule has 23 heavy (non-hydrogen) atoms. The van der Waals surface area contributed by atoms with Crippen molar-refractivity contribution in [3.63, 3.8) is 0 Å². The van der Waals surface area contributed by atoms with E-state index in [1.54, 1.807) is 12.1 Å². The fraction of sp³-hybridized carbons (Fsp3) is 0.143. The van der Waals surface area contributed by atoms with E-state index in [-0.39, 0.29) is 24.5 Å². The first kappa shape index (κ1) is 16.0. The maximum atomic E-state index is 11.7. The number of non-ortho nitro benzene ring substituents is 1. The van der Waals surface area contributed by atoms with Crippen LogP contribution >= 0.6 is 0 Å². The molecule has 0 saturated carbocycles. The van der Waals surface area contributed by atoms with Crippen LogP contribution in [-0.2, 0) is 11.3 Å². The molecular weight excluding hydrogens is 304 g/mol. The van der Waals surface area contributed by atoms with E-state index >= 15 is 0 Å². The number of furan rings is 1. The first-order chi connectivity index (χ1) is 11.0. The molecule has 3 amide bonds. The Balaban J connectivity index is 1.75. The Bertz CT molecular complexity index is 699. The van der Waals surface area contributed by atoms with Crippen LogP contribution in [0.15, 0.2) is 47.1 Å². The second-order valence-electron chi connectivity index (χ2n) is 4.47. The summed E-state index contributed by atoms with van der Waals surface area (Å²) >= 11 is 0. The zero-order valence-corrected chi connectivity index (χ0v) is 11.9. The predicted molar refractivity (Wildman–Crippen MR) is 80.7 cm³/mol. The second kappa shape index (κ2) is 7.59. The van der Waals surface area contributed by atoms with Crippen LogP contribution in [0.2, 0.25) is 0 Å². The largest absolute Gasteiger partial charge is 0.467 e. The topological polar surface area (TPSA) is 127 Å². The third kappa shape index (κ3) is 5.16. The molecule has 0 radical (unpaired) electrons. The predicted octanol–water partition coefficient (Wildman–Crippen LogP) is 1.63. The Hall–Kier alpha value is -3.36. The lowest BCUT2D eigenvalue weighted by Gasteiger charge is -2.07. The van der Waals surface area contributed by atoms with Crippen molar-refractivity contribution < 1.29 is 18.9 Å². The molecule has 1 heterocycles. The van der Waals surface area contributed by atoms with Gasteiger partial charge in [-0.25, -0.2) is 4.79 Å². The Labute approximate surface area is 130 Å². The van der Waals surface area contributed by atoms with Crippen molar-refractivity contribution in [1.82, 2.24) is 10.6 Å². The van der Waals surface area contributed by atoms with Gasteiger partial charge in [-0.2, -0.15) is 0 Å². The second-order valence-corrected chi connectivity index (χ2v) is 4.47. The van der Waals surface area contributed by atoms with Crippen LogP contribution in [0, 0.1) is 10.1 Å². The van der Waals surface area contributed by atoms with Crippen LogP contribution in [-0.4, -0.2) is 23.4 Å². The Morgan fingerprint density at radius 1 is 1.17 bits per heavy atom. The van der Waals surface area contributed by atoms with Gasteiger partial charge in [0.1, 0.15) is 5.76 Å². The number of anilines is 1. The molecule has 0 atom stereocenters. The summed E-state index contributed by atoms with van der Waals surface area (Å²) in [6.45, 7) is -0.0714. The third-order valence-electron chi connectivity index (χ3n) is 2.75. The maximum Gasteiger partial charge on any atom is 0.315 e. The van der Waals surface area contributed by atoms with Gasteiger partial charge in [0.2, 0.25) is 5.91 Å². The molecule has 0 bridgehead atoms. The lowest BCUT2D eigenvalue weighted by Crippen LogP contribution is -2.39. The highest BCUT2D eigenvalue weighted by Gasteiger charge is 2.09. The van der Waals surface area contributed by atoms with Crippen molar-refractivity contribution in [2.45, 2.75) is 6.54 Å². The minimum Gasteiger partial charge on any atom is -0.467 e. The summed E-state index contributed by atoms with van der Waals surface area (Å²) in [5.74, 6) is 0.0832. The Kier molecular flexibility index (Phi) is 5.29. The average molecular weight is 318 g/mol. The summed E-state index contributed by atoms with van der Waals surface area (Å²) in [5, 5.41) is 18.0. The van der Waals surface area contributed by atoms with Crippen molar-refractivity contribution in [3.8, 4) is 0 Å². The number of benzene rings is 1. The van der Waals surface area contributed by atoms with Crippen molar-refractivity contribution in [3.05, 3.63) is 58.5 Å². The highest BCUT2D eigenvalue weighted by atomic mass is 16.6. The molecule has 0 aliphatic heterocycles. The van der Waals surface area contributed by atoms with Gasteiger partial charge in [0.25, 0.3) is 5.69 Å². The highest BCUT2D eigenvalue weighted by molar-refractivity contribution is 5.94. The lowest BCUT2D eigenvalue weighted by atomic mass is 10.3. The number of hydrogen-bond acceptors (Lipinski definition) is 5.